The molecule has 1 atom stereocenters. The van der Waals surface area contributed by atoms with Crippen molar-refractivity contribution in [3.63, 3.8) is 0 Å². The summed E-state index contributed by atoms with van der Waals surface area (Å²) in [7, 11) is 0. The summed E-state index contributed by atoms with van der Waals surface area (Å²) in [5.74, 6) is 0. The van der Waals surface area contributed by atoms with Crippen molar-refractivity contribution in [3.05, 3.63) is 32.7 Å². The molecule has 102 valence electrons. The highest BCUT2D eigenvalue weighted by atomic mass is 79.9. The number of nitrogens with zero attached hydrogens (tertiary/aromatic N) is 2. The molecule has 1 heterocycles. The van der Waals surface area contributed by atoms with E-state index in [-0.39, 0.29) is 6.04 Å². The Morgan fingerprint density at radius 3 is 2.79 bits per heavy atom. The van der Waals surface area contributed by atoms with Gasteiger partial charge in [-0.3, -0.25) is 0 Å². The van der Waals surface area contributed by atoms with Crippen LogP contribution in [0.4, 0.5) is 0 Å². The van der Waals surface area contributed by atoms with Gasteiger partial charge in [-0.2, -0.15) is 0 Å². The summed E-state index contributed by atoms with van der Waals surface area (Å²) in [6, 6.07) is 5.98. The van der Waals surface area contributed by atoms with E-state index in [1.807, 2.05) is 18.2 Å². The van der Waals surface area contributed by atoms with E-state index in [0.29, 0.717) is 5.02 Å². The van der Waals surface area contributed by atoms with E-state index in [1.54, 1.807) is 11.3 Å². The first-order valence-electron chi connectivity index (χ1n) is 6.17. The number of benzene rings is 1. The van der Waals surface area contributed by atoms with E-state index in [9.17, 15) is 0 Å². The van der Waals surface area contributed by atoms with Crippen LogP contribution in [0.1, 0.15) is 31.3 Å². The van der Waals surface area contributed by atoms with Crippen LogP contribution in [0, 0.1) is 0 Å². The van der Waals surface area contributed by atoms with Crippen molar-refractivity contribution in [1.82, 2.24) is 15.5 Å². The smallest absolute Gasteiger partial charge is 0.148 e. The Kier molecular flexibility index (Phi) is 5.33. The average Bonchev–Trinajstić information content (AvgIpc) is 2.85. The molecule has 3 nitrogen and oxygen atoms in total. The summed E-state index contributed by atoms with van der Waals surface area (Å²) in [6.07, 6.45) is 1.00. The van der Waals surface area contributed by atoms with Gasteiger partial charge < -0.3 is 5.32 Å². The first kappa shape index (κ1) is 14.9. The quantitative estimate of drug-likeness (QED) is 0.841. The van der Waals surface area contributed by atoms with Crippen molar-refractivity contribution in [3.8, 4) is 10.6 Å². The molecule has 1 N–H and O–H groups in total. The fraction of sp³-hybridized carbons (Fsp3) is 0.385. The van der Waals surface area contributed by atoms with Crippen LogP contribution in [0.25, 0.3) is 10.6 Å². The van der Waals surface area contributed by atoms with Gasteiger partial charge in [0.1, 0.15) is 10.0 Å². The van der Waals surface area contributed by atoms with Gasteiger partial charge in [-0.25, -0.2) is 0 Å². The summed E-state index contributed by atoms with van der Waals surface area (Å²) in [5, 5.41) is 14.6. The van der Waals surface area contributed by atoms with E-state index in [0.717, 1.165) is 33.0 Å². The van der Waals surface area contributed by atoms with Crippen molar-refractivity contribution >= 4 is 38.9 Å². The minimum atomic E-state index is 0.280. The number of nitrogens with one attached hydrogen (secondary N) is 1. The van der Waals surface area contributed by atoms with Crippen LogP contribution < -0.4 is 5.32 Å². The van der Waals surface area contributed by atoms with Gasteiger partial charge in [0, 0.05) is 15.1 Å². The molecule has 0 bridgehead atoms. The van der Waals surface area contributed by atoms with Gasteiger partial charge in [0.2, 0.25) is 0 Å². The van der Waals surface area contributed by atoms with E-state index in [4.69, 9.17) is 11.6 Å². The van der Waals surface area contributed by atoms with E-state index < -0.39 is 0 Å². The molecule has 6 heteroatoms. The van der Waals surface area contributed by atoms with Gasteiger partial charge in [0.25, 0.3) is 0 Å². The van der Waals surface area contributed by atoms with Crippen LogP contribution in [0.2, 0.25) is 5.02 Å². The summed E-state index contributed by atoms with van der Waals surface area (Å²) < 4.78 is 0.944. The monoisotopic (exact) mass is 359 g/mol. The normalized spacial score (nSPS) is 12.6. The maximum absolute atomic E-state index is 5.95. The second-order valence-corrected chi connectivity index (χ2v) is 6.39. The summed E-state index contributed by atoms with van der Waals surface area (Å²) in [6.45, 7) is 5.17. The molecule has 0 aliphatic heterocycles. The Morgan fingerprint density at radius 1 is 1.37 bits per heavy atom. The highest BCUT2D eigenvalue weighted by Crippen LogP contribution is 2.34. The molecule has 2 aromatic rings. The SMILES string of the molecule is CCNC(CC)c1nnc(-c2ccc(Cl)cc2Br)s1. The van der Waals surface area contributed by atoms with Crippen LogP contribution >= 0.6 is 38.9 Å². The third kappa shape index (κ3) is 3.54. The maximum Gasteiger partial charge on any atom is 0.148 e. The van der Waals surface area contributed by atoms with E-state index in [2.05, 4.69) is 45.3 Å². The lowest BCUT2D eigenvalue weighted by Crippen LogP contribution is -2.19. The molecule has 1 aromatic carbocycles. The lowest BCUT2D eigenvalue weighted by Gasteiger charge is -2.11. The van der Waals surface area contributed by atoms with Crippen LogP contribution in [-0.2, 0) is 0 Å². The van der Waals surface area contributed by atoms with Gasteiger partial charge in [-0.1, -0.05) is 52.7 Å². The Morgan fingerprint density at radius 2 is 2.16 bits per heavy atom. The molecule has 0 amide bonds. The predicted octanol–water partition coefficient (Wildman–Crippen LogP) is 4.68. The molecular weight excluding hydrogens is 346 g/mol. The van der Waals surface area contributed by atoms with Gasteiger partial charge in [-0.15, -0.1) is 10.2 Å². The van der Waals surface area contributed by atoms with Crippen LogP contribution in [0.5, 0.6) is 0 Å². The highest BCUT2D eigenvalue weighted by Gasteiger charge is 2.16. The Bertz CT molecular complexity index is 559. The van der Waals surface area contributed by atoms with Crippen molar-refractivity contribution in [2.75, 3.05) is 6.54 Å². The minimum absolute atomic E-state index is 0.280. The Labute approximate surface area is 130 Å². The molecule has 1 unspecified atom stereocenters. The summed E-state index contributed by atoms with van der Waals surface area (Å²) in [5.41, 5.74) is 1.03. The number of aromatic nitrogens is 2. The molecular formula is C13H15BrClN3S. The summed E-state index contributed by atoms with van der Waals surface area (Å²) in [4.78, 5) is 0. The molecule has 0 saturated carbocycles. The third-order valence-corrected chi connectivity index (χ3v) is 4.72. The fourth-order valence-electron chi connectivity index (χ4n) is 1.80. The fourth-order valence-corrected chi connectivity index (χ4v) is 3.84. The highest BCUT2D eigenvalue weighted by molar-refractivity contribution is 9.10. The zero-order chi connectivity index (χ0) is 13.8. The molecule has 2 rings (SSSR count). The standard InChI is InChI=1S/C13H15BrClN3S/c1-3-11(16-4-2)13-18-17-12(19-13)9-6-5-8(15)7-10(9)14/h5-7,11,16H,3-4H2,1-2H3. The van der Waals surface area contributed by atoms with Crippen LogP contribution in [0.3, 0.4) is 0 Å². The summed E-state index contributed by atoms with van der Waals surface area (Å²) >= 11 is 11.1. The van der Waals surface area contributed by atoms with Crippen molar-refractivity contribution < 1.29 is 0 Å². The van der Waals surface area contributed by atoms with Crippen molar-refractivity contribution in [1.29, 1.82) is 0 Å². The largest absolute Gasteiger partial charge is 0.308 e. The lowest BCUT2D eigenvalue weighted by atomic mass is 10.2. The van der Waals surface area contributed by atoms with Gasteiger partial charge in [0.15, 0.2) is 0 Å². The number of halogens is 2. The zero-order valence-corrected chi connectivity index (χ0v) is 13.9. The predicted molar refractivity (Wildman–Crippen MR) is 84.8 cm³/mol. The molecule has 0 aliphatic rings. The molecule has 19 heavy (non-hydrogen) atoms. The molecule has 0 spiro atoms. The number of hydrogen-bond acceptors (Lipinski definition) is 4. The Balaban J connectivity index is 2.29. The lowest BCUT2D eigenvalue weighted by molar-refractivity contribution is 0.531. The van der Waals surface area contributed by atoms with E-state index >= 15 is 0 Å². The van der Waals surface area contributed by atoms with Gasteiger partial charge in [0.05, 0.1) is 6.04 Å². The van der Waals surface area contributed by atoms with Crippen molar-refractivity contribution in [2.24, 2.45) is 0 Å². The van der Waals surface area contributed by atoms with Crippen molar-refractivity contribution in [2.45, 2.75) is 26.3 Å². The van der Waals surface area contributed by atoms with E-state index in [1.165, 1.54) is 0 Å². The van der Waals surface area contributed by atoms with Crippen LogP contribution in [-0.4, -0.2) is 16.7 Å². The second-order valence-electron chi connectivity index (χ2n) is 4.09. The molecule has 0 fully saturated rings. The zero-order valence-electron chi connectivity index (χ0n) is 10.8. The van der Waals surface area contributed by atoms with Gasteiger partial charge >= 0.3 is 0 Å². The Hall–Kier alpha value is -0.490. The van der Waals surface area contributed by atoms with Crippen LogP contribution in [0.15, 0.2) is 22.7 Å². The van der Waals surface area contributed by atoms with Gasteiger partial charge in [-0.05, 0) is 31.2 Å². The first-order valence-corrected chi connectivity index (χ1v) is 8.16. The average molecular weight is 361 g/mol. The molecule has 0 aliphatic carbocycles. The topological polar surface area (TPSA) is 37.8 Å². The molecule has 0 saturated heterocycles. The molecule has 1 aromatic heterocycles. The first-order chi connectivity index (χ1) is 9.15. The third-order valence-electron chi connectivity index (χ3n) is 2.76. The maximum atomic E-state index is 5.95. The second kappa shape index (κ2) is 6.79. The molecule has 0 radical (unpaired) electrons. The minimum Gasteiger partial charge on any atom is -0.308 e. The number of rotatable bonds is 5. The number of hydrogen-bond donors (Lipinski definition) is 1.